The topological polar surface area (TPSA) is 42.4 Å². The average Bonchev–Trinajstić information content (AvgIpc) is 2.51. The average molecular weight is 382 g/mol. The number of rotatable bonds is 1. The van der Waals surface area contributed by atoms with E-state index < -0.39 is 17.3 Å². The smallest absolute Gasteiger partial charge is 0.417 e. The Morgan fingerprint density at radius 1 is 1.19 bits per heavy atom. The van der Waals surface area contributed by atoms with Crippen LogP contribution in [0.3, 0.4) is 0 Å². The summed E-state index contributed by atoms with van der Waals surface area (Å²) in [6, 6.07) is 2.47. The summed E-state index contributed by atoms with van der Waals surface area (Å²) in [6.07, 6.45) is 1.84. The van der Waals surface area contributed by atoms with E-state index in [2.05, 4.69) is 4.98 Å². The predicted molar refractivity (Wildman–Crippen MR) is 95.9 cm³/mol. The van der Waals surface area contributed by atoms with E-state index in [4.69, 9.17) is 4.74 Å². The number of allylic oxidation sites excluding steroid dienone is 1. The van der Waals surface area contributed by atoms with Crippen LogP contribution in [0.2, 0.25) is 0 Å². The Balaban J connectivity index is 1.53. The molecule has 1 saturated heterocycles. The highest BCUT2D eigenvalue weighted by Gasteiger charge is 2.47. The van der Waals surface area contributed by atoms with Crippen LogP contribution in [0.1, 0.15) is 57.7 Å². The van der Waals surface area contributed by atoms with Gasteiger partial charge in [0.2, 0.25) is 0 Å². The minimum atomic E-state index is -4.36. The van der Waals surface area contributed by atoms with Gasteiger partial charge < -0.3 is 9.64 Å². The number of pyridine rings is 1. The third-order valence-corrected chi connectivity index (χ3v) is 5.12. The van der Waals surface area contributed by atoms with Crippen LogP contribution in [-0.4, -0.2) is 34.7 Å². The maximum Gasteiger partial charge on any atom is 0.417 e. The summed E-state index contributed by atoms with van der Waals surface area (Å²) in [6.45, 7) is 7.00. The van der Waals surface area contributed by atoms with Gasteiger partial charge >= 0.3 is 12.3 Å². The second-order valence-corrected chi connectivity index (χ2v) is 8.61. The molecule has 1 saturated carbocycles. The first kappa shape index (κ1) is 19.7. The van der Waals surface area contributed by atoms with E-state index >= 15 is 0 Å². The van der Waals surface area contributed by atoms with Gasteiger partial charge in [-0.2, -0.15) is 13.2 Å². The zero-order valence-corrected chi connectivity index (χ0v) is 15.9. The molecule has 2 fully saturated rings. The van der Waals surface area contributed by atoms with Crippen molar-refractivity contribution >= 4 is 12.2 Å². The maximum absolute atomic E-state index is 12.6. The fraction of sp³-hybridized carbons (Fsp3) is 0.600. The van der Waals surface area contributed by atoms with Gasteiger partial charge in [-0.1, -0.05) is 5.57 Å². The highest BCUT2D eigenvalue weighted by molar-refractivity contribution is 5.69. The SMILES string of the molecule is CC(C)(C)OC(=O)N1CC2(CCC(=Cc3ccc(C(F)(F)F)cn3)CC2)C1. The zero-order valence-electron chi connectivity index (χ0n) is 15.9. The van der Waals surface area contributed by atoms with Gasteiger partial charge in [-0.15, -0.1) is 0 Å². The van der Waals surface area contributed by atoms with Crippen molar-refractivity contribution in [2.75, 3.05) is 13.1 Å². The predicted octanol–water partition coefficient (Wildman–Crippen LogP) is 5.29. The molecule has 3 rings (SSSR count). The summed E-state index contributed by atoms with van der Waals surface area (Å²) >= 11 is 0. The Kier molecular flexibility index (Phi) is 4.99. The van der Waals surface area contributed by atoms with Crippen LogP contribution in [0.5, 0.6) is 0 Å². The van der Waals surface area contributed by atoms with E-state index in [0.29, 0.717) is 18.8 Å². The number of nitrogens with zero attached hydrogens (tertiary/aromatic N) is 2. The van der Waals surface area contributed by atoms with E-state index in [1.807, 2.05) is 26.8 Å². The number of halogens is 3. The van der Waals surface area contributed by atoms with E-state index in [1.165, 1.54) is 11.6 Å². The van der Waals surface area contributed by atoms with Crippen molar-refractivity contribution in [2.24, 2.45) is 5.41 Å². The highest BCUT2D eigenvalue weighted by atomic mass is 19.4. The molecule has 2 aliphatic rings. The number of hydrogen-bond acceptors (Lipinski definition) is 3. The lowest BCUT2D eigenvalue weighted by Gasteiger charge is -2.52. The molecule has 1 aliphatic heterocycles. The van der Waals surface area contributed by atoms with Gasteiger partial charge in [0, 0.05) is 24.7 Å². The van der Waals surface area contributed by atoms with Gasteiger partial charge in [-0.25, -0.2) is 4.79 Å². The van der Waals surface area contributed by atoms with Crippen LogP contribution < -0.4 is 0 Å². The summed E-state index contributed by atoms with van der Waals surface area (Å²) in [5.74, 6) is 0. The standard InChI is InChI=1S/C20H25F3N2O2/c1-18(2,3)27-17(26)25-12-19(13-25)8-6-14(7-9-19)10-16-5-4-15(11-24-16)20(21,22)23/h4-5,10-11H,6-9,12-13H2,1-3H3. The van der Waals surface area contributed by atoms with Gasteiger partial charge in [0.25, 0.3) is 0 Å². The minimum Gasteiger partial charge on any atom is -0.444 e. The molecular formula is C20H25F3N2O2. The molecule has 0 unspecified atom stereocenters. The number of carbonyl (C=O) groups excluding carboxylic acids is 1. The third-order valence-electron chi connectivity index (χ3n) is 5.12. The van der Waals surface area contributed by atoms with Crippen molar-refractivity contribution < 1.29 is 22.7 Å². The number of alkyl halides is 3. The second kappa shape index (κ2) is 6.84. The van der Waals surface area contributed by atoms with Crippen LogP contribution in [0.25, 0.3) is 6.08 Å². The van der Waals surface area contributed by atoms with Crippen molar-refractivity contribution in [1.29, 1.82) is 0 Å². The Bertz CT molecular complexity index is 715. The quantitative estimate of drug-likeness (QED) is 0.662. The molecular weight excluding hydrogens is 357 g/mol. The van der Waals surface area contributed by atoms with Crippen molar-refractivity contribution in [2.45, 2.75) is 58.2 Å². The Hall–Kier alpha value is -2.05. The Morgan fingerprint density at radius 2 is 1.81 bits per heavy atom. The molecule has 0 radical (unpaired) electrons. The molecule has 1 spiro atoms. The molecule has 0 atom stereocenters. The molecule has 0 aromatic carbocycles. The lowest BCUT2D eigenvalue weighted by molar-refractivity contribution is -0.137. The van der Waals surface area contributed by atoms with Crippen LogP contribution in [0.4, 0.5) is 18.0 Å². The molecule has 0 N–H and O–H groups in total. The van der Waals surface area contributed by atoms with E-state index in [9.17, 15) is 18.0 Å². The number of likely N-dealkylation sites (tertiary alicyclic amines) is 1. The summed E-state index contributed by atoms with van der Waals surface area (Å²) < 4.78 is 43.2. The first-order chi connectivity index (χ1) is 12.5. The van der Waals surface area contributed by atoms with Crippen molar-refractivity contribution in [3.05, 3.63) is 35.2 Å². The van der Waals surface area contributed by atoms with Gasteiger partial charge in [0.15, 0.2) is 0 Å². The van der Waals surface area contributed by atoms with Crippen molar-refractivity contribution in [3.63, 3.8) is 0 Å². The fourth-order valence-corrected chi connectivity index (χ4v) is 3.65. The minimum absolute atomic E-state index is 0.155. The van der Waals surface area contributed by atoms with E-state index in [-0.39, 0.29) is 11.5 Å². The molecule has 0 bridgehead atoms. The lowest BCUT2D eigenvalue weighted by atomic mass is 9.67. The number of carbonyl (C=O) groups is 1. The van der Waals surface area contributed by atoms with Crippen LogP contribution >= 0.6 is 0 Å². The van der Waals surface area contributed by atoms with E-state index in [1.54, 1.807) is 4.90 Å². The number of hydrogen-bond donors (Lipinski definition) is 0. The molecule has 27 heavy (non-hydrogen) atoms. The Morgan fingerprint density at radius 3 is 2.30 bits per heavy atom. The normalized spacial score (nSPS) is 19.6. The Labute approximate surface area is 157 Å². The highest BCUT2D eigenvalue weighted by Crippen LogP contribution is 2.46. The van der Waals surface area contributed by atoms with Crippen LogP contribution in [0, 0.1) is 5.41 Å². The molecule has 1 aliphatic carbocycles. The molecule has 7 heteroatoms. The molecule has 1 amide bonds. The van der Waals surface area contributed by atoms with Gasteiger partial charge in [0.05, 0.1) is 11.3 Å². The van der Waals surface area contributed by atoms with Crippen molar-refractivity contribution in [3.8, 4) is 0 Å². The molecule has 2 heterocycles. The molecule has 148 valence electrons. The van der Waals surface area contributed by atoms with Gasteiger partial charge in [-0.05, 0) is 64.7 Å². The number of aromatic nitrogens is 1. The first-order valence-electron chi connectivity index (χ1n) is 9.17. The molecule has 1 aromatic rings. The molecule has 4 nitrogen and oxygen atoms in total. The second-order valence-electron chi connectivity index (χ2n) is 8.61. The van der Waals surface area contributed by atoms with Crippen LogP contribution in [0.15, 0.2) is 23.9 Å². The zero-order chi connectivity index (χ0) is 19.9. The summed E-state index contributed by atoms with van der Waals surface area (Å²) in [5, 5.41) is 0. The number of ether oxygens (including phenoxy) is 1. The van der Waals surface area contributed by atoms with E-state index in [0.717, 1.165) is 37.9 Å². The van der Waals surface area contributed by atoms with Gasteiger partial charge in [0.1, 0.15) is 5.60 Å². The van der Waals surface area contributed by atoms with Gasteiger partial charge in [-0.3, -0.25) is 4.98 Å². The summed E-state index contributed by atoms with van der Waals surface area (Å²) in [7, 11) is 0. The maximum atomic E-state index is 12.6. The first-order valence-corrected chi connectivity index (χ1v) is 9.17. The molecule has 1 aromatic heterocycles. The fourth-order valence-electron chi connectivity index (χ4n) is 3.65. The lowest BCUT2D eigenvalue weighted by Crippen LogP contribution is -2.59. The van der Waals surface area contributed by atoms with Crippen LogP contribution in [-0.2, 0) is 10.9 Å². The summed E-state index contributed by atoms with van der Waals surface area (Å²) in [4.78, 5) is 17.7. The summed E-state index contributed by atoms with van der Waals surface area (Å²) in [5.41, 5.74) is 0.684. The largest absolute Gasteiger partial charge is 0.444 e. The monoisotopic (exact) mass is 382 g/mol. The third kappa shape index (κ3) is 4.82. The van der Waals surface area contributed by atoms with Crippen molar-refractivity contribution in [1.82, 2.24) is 9.88 Å². The number of amides is 1.